The average molecular weight is 298 g/mol. The minimum Gasteiger partial charge on any atom is -0.343 e. The number of nitriles is 1. The fourth-order valence-corrected chi connectivity index (χ4v) is 2.95. The van der Waals surface area contributed by atoms with Crippen molar-refractivity contribution in [2.75, 3.05) is 13.2 Å². The van der Waals surface area contributed by atoms with E-state index in [1.807, 2.05) is 6.07 Å². The molecule has 0 saturated carbocycles. The third kappa shape index (κ3) is 1.45. The number of hydrogen-bond acceptors (Lipinski definition) is 3. The average Bonchev–Trinajstić information content (AvgIpc) is 2.94. The number of benzene rings is 1. The van der Waals surface area contributed by atoms with E-state index >= 15 is 0 Å². The molecule has 2 aliphatic rings. The van der Waals surface area contributed by atoms with Gasteiger partial charge in [-0.05, 0) is 34.0 Å². The second-order valence-electron chi connectivity index (χ2n) is 4.14. The predicted molar refractivity (Wildman–Crippen MR) is 60.7 cm³/mol. The molecule has 17 heavy (non-hydrogen) atoms. The summed E-state index contributed by atoms with van der Waals surface area (Å²) in [5.74, 6) is -1.18. The summed E-state index contributed by atoms with van der Waals surface area (Å²) in [4.78, 5) is 0. The zero-order valence-corrected chi connectivity index (χ0v) is 10.5. The van der Waals surface area contributed by atoms with Crippen LogP contribution in [0.4, 0.5) is 4.39 Å². The van der Waals surface area contributed by atoms with Gasteiger partial charge >= 0.3 is 0 Å². The molecule has 1 aromatic carbocycles. The van der Waals surface area contributed by atoms with Crippen molar-refractivity contribution in [1.82, 2.24) is 0 Å². The van der Waals surface area contributed by atoms with E-state index in [2.05, 4.69) is 15.9 Å². The van der Waals surface area contributed by atoms with Crippen molar-refractivity contribution in [1.29, 1.82) is 5.26 Å². The molecule has 0 aromatic heterocycles. The van der Waals surface area contributed by atoms with Crippen LogP contribution in [0.15, 0.2) is 10.5 Å². The Morgan fingerprint density at radius 3 is 2.76 bits per heavy atom. The molecule has 0 N–H and O–H groups in total. The highest BCUT2D eigenvalue weighted by molar-refractivity contribution is 9.10. The molecule has 3 nitrogen and oxygen atoms in total. The maximum absolute atomic E-state index is 14.1. The molecule has 1 fully saturated rings. The number of ether oxygens (including phenoxy) is 2. The van der Waals surface area contributed by atoms with Gasteiger partial charge in [0.2, 0.25) is 0 Å². The molecule has 0 amide bonds. The van der Waals surface area contributed by atoms with E-state index in [4.69, 9.17) is 14.7 Å². The molecule has 1 aromatic rings. The van der Waals surface area contributed by atoms with Crippen molar-refractivity contribution < 1.29 is 13.9 Å². The van der Waals surface area contributed by atoms with Crippen LogP contribution < -0.4 is 0 Å². The van der Waals surface area contributed by atoms with Crippen molar-refractivity contribution in [3.63, 3.8) is 0 Å². The van der Waals surface area contributed by atoms with E-state index in [-0.39, 0.29) is 15.9 Å². The Hall–Kier alpha value is -0.960. The lowest BCUT2D eigenvalue weighted by molar-refractivity contribution is -0.163. The molecule has 0 unspecified atom stereocenters. The summed E-state index contributed by atoms with van der Waals surface area (Å²) < 4.78 is 25.5. The molecule has 1 aliphatic heterocycles. The number of hydrogen-bond donors (Lipinski definition) is 0. The fraction of sp³-hybridized carbons (Fsp3) is 0.417. The molecule has 0 atom stereocenters. The first-order valence-corrected chi connectivity index (χ1v) is 6.16. The number of fused-ring (bicyclic) bond motifs is 2. The van der Waals surface area contributed by atoms with Crippen LogP contribution in [-0.2, 0) is 21.7 Å². The Kier molecular flexibility index (Phi) is 2.47. The van der Waals surface area contributed by atoms with E-state index in [1.165, 1.54) is 0 Å². The number of rotatable bonds is 0. The summed E-state index contributed by atoms with van der Waals surface area (Å²) >= 11 is 3.11. The molecule has 88 valence electrons. The Balaban J connectivity index is 2.22. The minimum absolute atomic E-state index is 0.230. The largest absolute Gasteiger partial charge is 0.343 e. The third-order valence-corrected chi connectivity index (χ3v) is 4.07. The van der Waals surface area contributed by atoms with Crippen LogP contribution in [0.3, 0.4) is 0 Å². The Morgan fingerprint density at radius 1 is 1.41 bits per heavy atom. The first-order valence-electron chi connectivity index (χ1n) is 5.37. The lowest BCUT2D eigenvalue weighted by atomic mass is 10.0. The number of halogens is 2. The summed E-state index contributed by atoms with van der Waals surface area (Å²) in [6.45, 7) is 1.03. The molecular weight excluding hydrogens is 289 g/mol. The summed E-state index contributed by atoms with van der Waals surface area (Å²) in [5, 5.41) is 8.98. The summed E-state index contributed by atoms with van der Waals surface area (Å²) in [6, 6.07) is 3.64. The van der Waals surface area contributed by atoms with Crippen molar-refractivity contribution >= 4 is 15.9 Å². The minimum atomic E-state index is -0.817. The SMILES string of the molecule is N#Cc1cc2c(c(F)c1Br)CCC21OCCO1. The second-order valence-corrected chi connectivity index (χ2v) is 4.93. The molecule has 0 radical (unpaired) electrons. The van der Waals surface area contributed by atoms with Crippen LogP contribution in [0.1, 0.15) is 23.1 Å². The highest BCUT2D eigenvalue weighted by atomic mass is 79.9. The fourth-order valence-electron chi connectivity index (χ4n) is 2.51. The van der Waals surface area contributed by atoms with Crippen molar-refractivity contribution in [3.05, 3.63) is 33.0 Å². The summed E-state index contributed by atoms with van der Waals surface area (Å²) in [7, 11) is 0. The van der Waals surface area contributed by atoms with Gasteiger partial charge in [0, 0.05) is 12.0 Å². The Morgan fingerprint density at radius 2 is 2.12 bits per heavy atom. The van der Waals surface area contributed by atoms with Gasteiger partial charge in [0.25, 0.3) is 0 Å². The van der Waals surface area contributed by atoms with Crippen LogP contribution in [-0.4, -0.2) is 13.2 Å². The quantitative estimate of drug-likeness (QED) is 0.739. The van der Waals surface area contributed by atoms with Gasteiger partial charge in [-0.25, -0.2) is 4.39 Å². The van der Waals surface area contributed by atoms with Crippen molar-refractivity contribution in [2.24, 2.45) is 0 Å². The van der Waals surface area contributed by atoms with E-state index in [0.717, 1.165) is 0 Å². The first kappa shape index (κ1) is 11.1. The van der Waals surface area contributed by atoms with Gasteiger partial charge in [-0.2, -0.15) is 5.26 Å². The molecule has 3 rings (SSSR count). The van der Waals surface area contributed by atoms with Gasteiger partial charge in [0.05, 0.1) is 23.2 Å². The molecule has 5 heteroatoms. The smallest absolute Gasteiger partial charge is 0.195 e. The zero-order chi connectivity index (χ0) is 12.0. The van der Waals surface area contributed by atoms with Gasteiger partial charge in [-0.15, -0.1) is 0 Å². The highest BCUT2D eigenvalue weighted by Gasteiger charge is 2.46. The van der Waals surface area contributed by atoms with E-state index in [1.54, 1.807) is 6.07 Å². The van der Waals surface area contributed by atoms with Crippen LogP contribution >= 0.6 is 15.9 Å². The zero-order valence-electron chi connectivity index (χ0n) is 8.93. The first-order chi connectivity index (χ1) is 8.18. The molecule has 1 heterocycles. The van der Waals surface area contributed by atoms with Crippen LogP contribution in [0.5, 0.6) is 0 Å². The second kappa shape index (κ2) is 3.77. The van der Waals surface area contributed by atoms with Gasteiger partial charge < -0.3 is 9.47 Å². The predicted octanol–water partition coefficient (Wildman–Crippen LogP) is 2.61. The summed E-state index contributed by atoms with van der Waals surface area (Å²) in [5.41, 5.74) is 1.55. The lowest BCUT2D eigenvalue weighted by Gasteiger charge is -2.23. The molecule has 0 bridgehead atoms. The monoisotopic (exact) mass is 297 g/mol. The van der Waals surface area contributed by atoms with Crippen LogP contribution in [0.25, 0.3) is 0 Å². The van der Waals surface area contributed by atoms with E-state index < -0.39 is 5.79 Å². The topological polar surface area (TPSA) is 42.2 Å². The van der Waals surface area contributed by atoms with Gasteiger partial charge in [0.1, 0.15) is 11.9 Å². The van der Waals surface area contributed by atoms with Crippen molar-refractivity contribution in [3.8, 4) is 6.07 Å². The standard InChI is InChI=1S/C12H9BrFNO2/c13-10-7(6-15)5-9-8(11(10)14)1-2-12(9)16-3-4-17-12/h5H,1-4H2. The Bertz CT molecular complexity index is 532. The third-order valence-electron chi connectivity index (χ3n) is 3.30. The normalized spacial score (nSPS) is 20.5. The van der Waals surface area contributed by atoms with Gasteiger partial charge in [0.15, 0.2) is 5.79 Å². The molecule has 1 saturated heterocycles. The van der Waals surface area contributed by atoms with Crippen LogP contribution in [0, 0.1) is 17.1 Å². The highest BCUT2D eigenvalue weighted by Crippen LogP contribution is 2.46. The molecule has 1 aliphatic carbocycles. The van der Waals surface area contributed by atoms with E-state index in [0.29, 0.717) is 37.2 Å². The molecule has 1 spiro atoms. The van der Waals surface area contributed by atoms with Crippen LogP contribution in [0.2, 0.25) is 0 Å². The van der Waals surface area contributed by atoms with Crippen molar-refractivity contribution in [2.45, 2.75) is 18.6 Å². The lowest BCUT2D eigenvalue weighted by Crippen LogP contribution is -2.23. The van der Waals surface area contributed by atoms with Gasteiger partial charge in [-0.1, -0.05) is 0 Å². The number of nitrogens with zero attached hydrogens (tertiary/aromatic N) is 1. The maximum atomic E-state index is 14.1. The summed E-state index contributed by atoms with van der Waals surface area (Å²) in [6.07, 6.45) is 1.19. The van der Waals surface area contributed by atoms with E-state index in [9.17, 15) is 4.39 Å². The maximum Gasteiger partial charge on any atom is 0.195 e. The van der Waals surface area contributed by atoms with Gasteiger partial charge in [-0.3, -0.25) is 0 Å². The molecular formula is C12H9BrFNO2. The Labute approximate surface area is 106 Å².